The molecule has 0 saturated heterocycles. The quantitative estimate of drug-likeness (QED) is 0.680. The first kappa shape index (κ1) is 10.5. The van der Waals surface area contributed by atoms with Crippen molar-refractivity contribution < 1.29 is 22.7 Å². The molecule has 0 unspecified atom stereocenters. The van der Waals surface area contributed by atoms with Gasteiger partial charge in [0.1, 0.15) is 0 Å². The first-order valence-corrected chi connectivity index (χ1v) is 3.62. The molecule has 14 heavy (non-hydrogen) atoms. The summed E-state index contributed by atoms with van der Waals surface area (Å²) in [5.74, 6) is -0.928. The molecule has 0 aliphatic carbocycles. The molecule has 0 aliphatic rings. The first-order valence-electron chi connectivity index (χ1n) is 3.62. The van der Waals surface area contributed by atoms with Crippen LogP contribution >= 0.6 is 0 Å². The molecule has 0 bridgehead atoms. The van der Waals surface area contributed by atoms with Crippen molar-refractivity contribution in [2.75, 3.05) is 6.61 Å². The van der Waals surface area contributed by atoms with Crippen LogP contribution in [0.1, 0.15) is 17.4 Å². The second-order valence-electron chi connectivity index (χ2n) is 2.24. The van der Waals surface area contributed by atoms with Crippen molar-refractivity contribution in [2.45, 2.75) is 13.2 Å². The van der Waals surface area contributed by atoms with E-state index in [0.717, 1.165) is 0 Å². The van der Waals surface area contributed by atoms with Gasteiger partial charge in [-0.15, -0.1) is 18.3 Å². The van der Waals surface area contributed by atoms with Crippen LogP contribution in [0.15, 0.2) is 6.20 Å². The van der Waals surface area contributed by atoms with Gasteiger partial charge >= 0.3 is 12.3 Å². The number of esters is 1. The summed E-state index contributed by atoms with van der Waals surface area (Å²) in [6, 6.07) is 0. The van der Waals surface area contributed by atoms with Gasteiger partial charge in [-0.1, -0.05) is 5.21 Å². The molecule has 0 radical (unpaired) electrons. The number of carbonyl (C=O) groups excluding carboxylic acids is 1. The zero-order valence-electron chi connectivity index (χ0n) is 7.08. The van der Waals surface area contributed by atoms with Crippen LogP contribution in [0.3, 0.4) is 0 Å². The Bertz CT molecular complexity index is 333. The summed E-state index contributed by atoms with van der Waals surface area (Å²) in [4.78, 5) is 10.9. The number of carbonyl (C=O) groups is 1. The van der Waals surface area contributed by atoms with E-state index in [1.807, 2.05) is 0 Å². The number of nitrogens with zero attached hydrogens (tertiary/aromatic N) is 3. The lowest BCUT2D eigenvalue weighted by molar-refractivity contribution is -0.213. The highest BCUT2D eigenvalue weighted by Crippen LogP contribution is 2.20. The molecule has 8 heteroatoms. The number of ether oxygens (including phenoxy) is 1. The zero-order chi connectivity index (χ0) is 10.8. The van der Waals surface area contributed by atoms with Crippen molar-refractivity contribution in [3.8, 4) is 0 Å². The summed E-state index contributed by atoms with van der Waals surface area (Å²) in [5.41, 5.74) is -0.468. The molecule has 1 aromatic rings. The van der Waals surface area contributed by atoms with Crippen LogP contribution in [0.5, 0.6) is 0 Å². The molecule has 0 aliphatic heterocycles. The highest BCUT2D eigenvalue weighted by molar-refractivity contribution is 5.86. The molecule has 0 atom stereocenters. The predicted molar refractivity (Wildman–Crippen MR) is 37.3 cm³/mol. The van der Waals surface area contributed by atoms with E-state index < -0.39 is 18.0 Å². The number of hydrogen-bond acceptors (Lipinski definition) is 4. The standard InChI is InChI=1S/C6H6F3N3O2/c1-2-14-5(13)4-3-12(11-10-4)6(7,8)9/h3H,2H2,1H3. The maximum atomic E-state index is 12.0. The van der Waals surface area contributed by atoms with Gasteiger partial charge in [0.05, 0.1) is 12.8 Å². The van der Waals surface area contributed by atoms with Crippen molar-refractivity contribution >= 4 is 5.97 Å². The number of alkyl halides is 3. The average Bonchev–Trinajstić information content (AvgIpc) is 2.51. The van der Waals surface area contributed by atoms with Crippen LogP contribution in [-0.2, 0) is 11.0 Å². The molecular weight excluding hydrogens is 203 g/mol. The molecule has 1 rings (SSSR count). The van der Waals surface area contributed by atoms with Gasteiger partial charge in [-0.25, -0.2) is 4.79 Å². The molecular formula is C6H6F3N3O2. The minimum atomic E-state index is -4.67. The molecule has 1 heterocycles. The summed E-state index contributed by atoms with van der Waals surface area (Å²) in [6.07, 6.45) is -4.20. The molecule has 0 spiro atoms. The van der Waals surface area contributed by atoms with Gasteiger partial charge in [-0.2, -0.15) is 4.68 Å². The molecule has 0 saturated carbocycles. The number of aromatic nitrogens is 3. The highest BCUT2D eigenvalue weighted by Gasteiger charge is 2.33. The summed E-state index contributed by atoms with van der Waals surface area (Å²) in [7, 11) is 0. The minimum Gasteiger partial charge on any atom is -0.461 e. The second-order valence-corrected chi connectivity index (χ2v) is 2.24. The van der Waals surface area contributed by atoms with Crippen molar-refractivity contribution in [2.24, 2.45) is 0 Å². The maximum absolute atomic E-state index is 12.0. The molecule has 5 nitrogen and oxygen atoms in total. The van der Waals surface area contributed by atoms with Gasteiger partial charge in [0.25, 0.3) is 0 Å². The molecule has 1 aromatic heterocycles. The fourth-order valence-electron chi connectivity index (χ4n) is 0.686. The van der Waals surface area contributed by atoms with Crippen LogP contribution in [0.4, 0.5) is 13.2 Å². The summed E-state index contributed by atoms with van der Waals surface area (Å²) in [6.45, 7) is 1.60. The van der Waals surface area contributed by atoms with Crippen molar-refractivity contribution in [3.05, 3.63) is 11.9 Å². The van der Waals surface area contributed by atoms with Gasteiger partial charge in [0.2, 0.25) is 0 Å². The van der Waals surface area contributed by atoms with Gasteiger partial charge in [0.15, 0.2) is 5.69 Å². The topological polar surface area (TPSA) is 57.0 Å². The van der Waals surface area contributed by atoms with Crippen LogP contribution < -0.4 is 0 Å². The van der Waals surface area contributed by atoms with Crippen LogP contribution in [0.2, 0.25) is 0 Å². The minimum absolute atomic E-state index is 0.0672. The van der Waals surface area contributed by atoms with Crippen LogP contribution in [0.25, 0.3) is 0 Å². The highest BCUT2D eigenvalue weighted by atomic mass is 19.4. The summed E-state index contributed by atoms with van der Waals surface area (Å²) in [5, 5.41) is 5.75. The Morgan fingerprint density at radius 1 is 1.64 bits per heavy atom. The Morgan fingerprint density at radius 3 is 2.71 bits per heavy atom. The summed E-state index contributed by atoms with van der Waals surface area (Å²) < 4.78 is 39.9. The van der Waals surface area contributed by atoms with Crippen molar-refractivity contribution in [3.63, 3.8) is 0 Å². The Hall–Kier alpha value is -1.60. The molecule has 0 N–H and O–H groups in total. The molecule has 0 aromatic carbocycles. The molecule has 0 amide bonds. The third-order valence-electron chi connectivity index (χ3n) is 1.24. The average molecular weight is 209 g/mol. The zero-order valence-corrected chi connectivity index (χ0v) is 7.08. The van der Waals surface area contributed by atoms with Gasteiger partial charge in [-0.05, 0) is 6.92 Å². The van der Waals surface area contributed by atoms with E-state index in [1.165, 1.54) is 6.92 Å². The first-order chi connectivity index (χ1) is 6.45. The number of hydrogen-bond donors (Lipinski definition) is 0. The van der Waals surface area contributed by atoms with Gasteiger partial charge in [-0.3, -0.25) is 0 Å². The Morgan fingerprint density at radius 2 is 2.29 bits per heavy atom. The van der Waals surface area contributed by atoms with E-state index >= 15 is 0 Å². The maximum Gasteiger partial charge on any atom is 0.505 e. The van der Waals surface area contributed by atoms with Crippen molar-refractivity contribution in [1.29, 1.82) is 0 Å². The normalized spacial score (nSPS) is 11.4. The second kappa shape index (κ2) is 3.64. The van der Waals surface area contributed by atoms with E-state index in [2.05, 4.69) is 15.0 Å². The third kappa shape index (κ3) is 2.21. The van der Waals surface area contributed by atoms with E-state index in [4.69, 9.17) is 0 Å². The lowest BCUT2D eigenvalue weighted by Crippen LogP contribution is -2.17. The lowest BCUT2D eigenvalue weighted by Gasteiger charge is -2.02. The van der Waals surface area contributed by atoms with E-state index in [0.29, 0.717) is 6.20 Å². The fraction of sp³-hybridized carbons (Fsp3) is 0.500. The molecule has 78 valence electrons. The predicted octanol–water partition coefficient (Wildman–Crippen LogP) is 0.931. The SMILES string of the molecule is CCOC(=O)c1cn(C(F)(F)F)nn1. The Kier molecular flexibility index (Phi) is 2.73. The van der Waals surface area contributed by atoms with Gasteiger partial charge < -0.3 is 4.74 Å². The largest absolute Gasteiger partial charge is 0.505 e. The lowest BCUT2D eigenvalue weighted by atomic mass is 10.5. The summed E-state index contributed by atoms with van der Waals surface area (Å²) >= 11 is 0. The smallest absolute Gasteiger partial charge is 0.461 e. The van der Waals surface area contributed by atoms with Gasteiger partial charge in [0, 0.05) is 0 Å². The van der Waals surface area contributed by atoms with Crippen molar-refractivity contribution in [1.82, 2.24) is 15.0 Å². The van der Waals surface area contributed by atoms with E-state index in [-0.39, 0.29) is 11.3 Å². The fourth-order valence-corrected chi connectivity index (χ4v) is 0.686. The third-order valence-corrected chi connectivity index (χ3v) is 1.24. The van der Waals surface area contributed by atoms with E-state index in [1.54, 1.807) is 0 Å². The van der Waals surface area contributed by atoms with E-state index in [9.17, 15) is 18.0 Å². The Labute approximate surface area is 76.5 Å². The Balaban J connectivity index is 2.83. The number of rotatable bonds is 2. The van der Waals surface area contributed by atoms with Crippen LogP contribution in [-0.4, -0.2) is 27.6 Å². The monoisotopic (exact) mass is 209 g/mol. The molecule has 0 fully saturated rings. The number of halogens is 3. The van der Waals surface area contributed by atoms with Crippen LogP contribution in [0, 0.1) is 0 Å².